The van der Waals surface area contributed by atoms with Crippen molar-refractivity contribution in [3.05, 3.63) is 53.1 Å². The number of hydrogen-bond acceptors (Lipinski definition) is 3. The molecule has 0 radical (unpaired) electrons. The maximum Gasteiger partial charge on any atom is 0.139 e. The molecule has 3 nitrogen and oxygen atoms in total. The SMILES string of the molecule is Nc1ccc(F)cc1COc1cncc(Cl)c1. The quantitative estimate of drug-likeness (QED) is 0.854. The van der Waals surface area contributed by atoms with E-state index < -0.39 is 0 Å². The first-order valence-electron chi connectivity index (χ1n) is 4.92. The molecule has 2 aromatic rings. The van der Waals surface area contributed by atoms with Gasteiger partial charge in [-0.15, -0.1) is 0 Å². The Kier molecular flexibility index (Phi) is 3.44. The molecule has 0 bridgehead atoms. The molecule has 17 heavy (non-hydrogen) atoms. The van der Waals surface area contributed by atoms with Crippen molar-refractivity contribution in [1.82, 2.24) is 4.98 Å². The molecule has 0 saturated heterocycles. The van der Waals surface area contributed by atoms with E-state index in [0.29, 0.717) is 22.0 Å². The Morgan fingerprint density at radius 3 is 2.88 bits per heavy atom. The molecule has 5 heteroatoms. The number of aromatic nitrogens is 1. The minimum absolute atomic E-state index is 0.172. The van der Waals surface area contributed by atoms with Crippen molar-refractivity contribution in [2.75, 3.05) is 5.73 Å². The highest BCUT2D eigenvalue weighted by molar-refractivity contribution is 6.30. The van der Waals surface area contributed by atoms with Gasteiger partial charge in [0.2, 0.25) is 0 Å². The summed E-state index contributed by atoms with van der Waals surface area (Å²) in [5.41, 5.74) is 6.77. The summed E-state index contributed by atoms with van der Waals surface area (Å²) in [5, 5.41) is 0.481. The second-order valence-electron chi connectivity index (χ2n) is 3.47. The summed E-state index contributed by atoms with van der Waals surface area (Å²) in [6.07, 6.45) is 3.03. The largest absolute Gasteiger partial charge is 0.487 e. The van der Waals surface area contributed by atoms with Crippen LogP contribution in [-0.4, -0.2) is 4.98 Å². The molecule has 2 N–H and O–H groups in total. The Labute approximate surface area is 103 Å². The first-order valence-corrected chi connectivity index (χ1v) is 5.30. The lowest BCUT2D eigenvalue weighted by molar-refractivity contribution is 0.305. The number of ether oxygens (including phenoxy) is 1. The van der Waals surface area contributed by atoms with Crippen LogP contribution in [0.3, 0.4) is 0 Å². The third kappa shape index (κ3) is 3.07. The maximum absolute atomic E-state index is 13.0. The van der Waals surface area contributed by atoms with E-state index in [1.807, 2.05) is 0 Å². The first kappa shape index (κ1) is 11.7. The molecule has 2 rings (SSSR count). The molecule has 1 aromatic heterocycles. The number of pyridine rings is 1. The topological polar surface area (TPSA) is 48.1 Å². The molecule has 0 amide bonds. The molecule has 0 aliphatic heterocycles. The highest BCUT2D eigenvalue weighted by Crippen LogP contribution is 2.19. The number of nitrogens with two attached hydrogens (primary N) is 1. The predicted molar refractivity (Wildman–Crippen MR) is 64.4 cm³/mol. The number of hydrogen-bond donors (Lipinski definition) is 1. The fraction of sp³-hybridized carbons (Fsp3) is 0.0833. The van der Waals surface area contributed by atoms with Gasteiger partial charge in [0.1, 0.15) is 18.2 Å². The number of halogens is 2. The van der Waals surface area contributed by atoms with Crippen molar-refractivity contribution >= 4 is 17.3 Å². The highest BCUT2D eigenvalue weighted by Gasteiger charge is 2.03. The minimum atomic E-state index is -0.345. The summed E-state index contributed by atoms with van der Waals surface area (Å²) in [5.74, 6) is 0.170. The normalized spacial score (nSPS) is 10.2. The Balaban J connectivity index is 2.09. The van der Waals surface area contributed by atoms with Gasteiger partial charge < -0.3 is 10.5 Å². The van der Waals surface area contributed by atoms with Crippen LogP contribution in [-0.2, 0) is 6.61 Å². The zero-order valence-electron chi connectivity index (χ0n) is 8.86. The van der Waals surface area contributed by atoms with Crippen LogP contribution in [0, 0.1) is 5.82 Å². The summed E-state index contributed by atoms with van der Waals surface area (Å²) in [7, 11) is 0. The first-order chi connectivity index (χ1) is 8.15. The molecular formula is C12H10ClFN2O. The standard InChI is InChI=1S/C12H10ClFN2O/c13-9-4-11(6-16-5-9)17-7-8-3-10(14)1-2-12(8)15/h1-6H,7,15H2. The van der Waals surface area contributed by atoms with Crippen molar-refractivity contribution in [3.63, 3.8) is 0 Å². The van der Waals surface area contributed by atoms with E-state index in [4.69, 9.17) is 22.1 Å². The molecule has 0 atom stereocenters. The zero-order chi connectivity index (χ0) is 12.3. The fourth-order valence-electron chi connectivity index (χ4n) is 1.33. The van der Waals surface area contributed by atoms with Gasteiger partial charge in [-0.1, -0.05) is 11.6 Å². The Bertz CT molecular complexity index is 534. The van der Waals surface area contributed by atoms with Crippen molar-refractivity contribution < 1.29 is 9.13 Å². The van der Waals surface area contributed by atoms with Crippen LogP contribution in [0.5, 0.6) is 5.75 Å². The fourth-order valence-corrected chi connectivity index (χ4v) is 1.50. The smallest absolute Gasteiger partial charge is 0.139 e. The summed E-state index contributed by atoms with van der Waals surface area (Å²) >= 11 is 5.76. The summed E-state index contributed by atoms with van der Waals surface area (Å²) in [6.45, 7) is 0.172. The summed E-state index contributed by atoms with van der Waals surface area (Å²) in [4.78, 5) is 3.87. The molecule has 0 saturated carbocycles. The lowest BCUT2D eigenvalue weighted by Crippen LogP contribution is -2.01. The van der Waals surface area contributed by atoms with Crippen molar-refractivity contribution in [2.24, 2.45) is 0 Å². The summed E-state index contributed by atoms with van der Waals surface area (Å²) < 4.78 is 18.4. The van der Waals surface area contributed by atoms with E-state index in [2.05, 4.69) is 4.98 Å². The van der Waals surface area contributed by atoms with E-state index in [1.54, 1.807) is 6.07 Å². The van der Waals surface area contributed by atoms with Crippen LogP contribution in [0.4, 0.5) is 10.1 Å². The van der Waals surface area contributed by atoms with Gasteiger partial charge in [0.05, 0.1) is 11.2 Å². The molecule has 88 valence electrons. The second-order valence-corrected chi connectivity index (χ2v) is 3.91. The number of rotatable bonds is 3. The van der Waals surface area contributed by atoms with Crippen LogP contribution >= 0.6 is 11.6 Å². The van der Waals surface area contributed by atoms with Gasteiger partial charge in [0.25, 0.3) is 0 Å². The maximum atomic E-state index is 13.0. The Morgan fingerprint density at radius 2 is 2.12 bits per heavy atom. The average molecular weight is 253 g/mol. The van der Waals surface area contributed by atoms with Crippen molar-refractivity contribution in [2.45, 2.75) is 6.61 Å². The lowest BCUT2D eigenvalue weighted by atomic mass is 10.2. The zero-order valence-corrected chi connectivity index (χ0v) is 9.62. The van der Waals surface area contributed by atoms with Gasteiger partial charge in [-0.2, -0.15) is 0 Å². The monoisotopic (exact) mass is 252 g/mol. The molecule has 0 aliphatic rings. The Morgan fingerprint density at radius 1 is 1.29 bits per heavy atom. The van der Waals surface area contributed by atoms with Gasteiger partial charge >= 0.3 is 0 Å². The lowest BCUT2D eigenvalue weighted by Gasteiger charge is -2.08. The third-order valence-electron chi connectivity index (χ3n) is 2.18. The molecular weight excluding hydrogens is 243 g/mol. The molecule has 0 fully saturated rings. The van der Waals surface area contributed by atoms with E-state index in [-0.39, 0.29) is 12.4 Å². The van der Waals surface area contributed by atoms with Gasteiger partial charge in [0, 0.05) is 23.5 Å². The number of nitrogen functional groups attached to an aromatic ring is 1. The second kappa shape index (κ2) is 5.01. The molecule has 0 spiro atoms. The number of benzene rings is 1. The third-order valence-corrected chi connectivity index (χ3v) is 2.39. The van der Waals surface area contributed by atoms with Gasteiger partial charge in [-0.3, -0.25) is 4.98 Å². The molecule has 1 heterocycles. The van der Waals surface area contributed by atoms with Crippen LogP contribution in [0.1, 0.15) is 5.56 Å². The molecule has 1 aromatic carbocycles. The number of nitrogens with zero attached hydrogens (tertiary/aromatic N) is 1. The van der Waals surface area contributed by atoms with Gasteiger partial charge in [-0.05, 0) is 18.2 Å². The van der Waals surface area contributed by atoms with Crippen LogP contribution < -0.4 is 10.5 Å². The van der Waals surface area contributed by atoms with Gasteiger partial charge in [0.15, 0.2) is 0 Å². The Hall–Kier alpha value is -1.81. The van der Waals surface area contributed by atoms with E-state index in [0.717, 1.165) is 0 Å². The van der Waals surface area contributed by atoms with E-state index in [1.165, 1.54) is 30.6 Å². The van der Waals surface area contributed by atoms with Crippen LogP contribution in [0.15, 0.2) is 36.7 Å². The minimum Gasteiger partial charge on any atom is -0.487 e. The van der Waals surface area contributed by atoms with E-state index >= 15 is 0 Å². The van der Waals surface area contributed by atoms with Crippen LogP contribution in [0.25, 0.3) is 0 Å². The highest BCUT2D eigenvalue weighted by atomic mass is 35.5. The van der Waals surface area contributed by atoms with E-state index in [9.17, 15) is 4.39 Å². The van der Waals surface area contributed by atoms with Crippen LogP contribution in [0.2, 0.25) is 5.02 Å². The van der Waals surface area contributed by atoms with Crippen molar-refractivity contribution in [3.8, 4) is 5.75 Å². The summed E-state index contributed by atoms with van der Waals surface area (Å²) in [6, 6.07) is 5.78. The molecule has 0 unspecified atom stereocenters. The number of anilines is 1. The predicted octanol–water partition coefficient (Wildman–Crippen LogP) is 3.04. The molecule has 0 aliphatic carbocycles. The van der Waals surface area contributed by atoms with Crippen molar-refractivity contribution in [1.29, 1.82) is 0 Å². The van der Waals surface area contributed by atoms with Gasteiger partial charge in [-0.25, -0.2) is 4.39 Å². The average Bonchev–Trinajstić information content (AvgIpc) is 2.30.